The normalized spacial score (nSPS) is 20.5. The molecule has 0 amide bonds. The van der Waals surface area contributed by atoms with Crippen LogP contribution in [0.15, 0.2) is 60.7 Å². The lowest BCUT2D eigenvalue weighted by atomic mass is 9.92. The van der Waals surface area contributed by atoms with E-state index < -0.39 is 0 Å². The second-order valence-electron chi connectivity index (χ2n) is 12.8. The fraction of sp³-hybridized carbons (Fsp3) is 0.676. The third kappa shape index (κ3) is 15.9. The van der Waals surface area contributed by atoms with Crippen molar-refractivity contribution in [3.05, 3.63) is 71.8 Å². The van der Waals surface area contributed by atoms with Crippen molar-refractivity contribution in [2.24, 2.45) is 17.8 Å². The van der Waals surface area contributed by atoms with Crippen LogP contribution >= 0.6 is 0 Å². The van der Waals surface area contributed by atoms with Crippen molar-refractivity contribution in [1.29, 1.82) is 0 Å². The second kappa shape index (κ2) is 21.0. The SMILES string of the molecule is CC1CCN(CCCOCCCc2ccccc2)CC1.C[C@@H]1C[C@H](C)CN(CCCOCCCc2ccccc2)C1. The molecule has 2 atom stereocenters. The van der Waals surface area contributed by atoms with E-state index in [0.29, 0.717) is 0 Å². The van der Waals surface area contributed by atoms with Gasteiger partial charge in [0.05, 0.1) is 0 Å². The van der Waals surface area contributed by atoms with Crippen molar-refractivity contribution >= 4 is 0 Å². The average Bonchev–Trinajstić information content (AvgIpc) is 2.98. The van der Waals surface area contributed by atoms with Crippen molar-refractivity contribution < 1.29 is 9.47 Å². The van der Waals surface area contributed by atoms with E-state index in [1.807, 2.05) is 0 Å². The Morgan fingerprint density at radius 1 is 0.561 bits per heavy atom. The van der Waals surface area contributed by atoms with Crippen LogP contribution in [-0.4, -0.2) is 75.5 Å². The predicted octanol–water partition coefficient (Wildman–Crippen LogP) is 7.76. The Kier molecular flexibility index (Phi) is 17.3. The van der Waals surface area contributed by atoms with Gasteiger partial charge < -0.3 is 19.3 Å². The highest BCUT2D eigenvalue weighted by Gasteiger charge is 2.21. The molecule has 0 bridgehead atoms. The number of likely N-dealkylation sites (tertiary alicyclic amines) is 2. The molecule has 2 fully saturated rings. The molecule has 4 heteroatoms. The van der Waals surface area contributed by atoms with E-state index >= 15 is 0 Å². The Hall–Kier alpha value is -1.72. The van der Waals surface area contributed by atoms with Crippen LogP contribution in [0.1, 0.15) is 76.8 Å². The van der Waals surface area contributed by atoms with Crippen LogP contribution in [0.25, 0.3) is 0 Å². The van der Waals surface area contributed by atoms with E-state index in [1.54, 1.807) is 0 Å². The molecule has 2 heterocycles. The van der Waals surface area contributed by atoms with Gasteiger partial charge in [-0.15, -0.1) is 0 Å². The molecule has 4 rings (SSSR count). The average molecular weight is 565 g/mol. The van der Waals surface area contributed by atoms with Crippen molar-refractivity contribution in [3.8, 4) is 0 Å². The van der Waals surface area contributed by atoms with E-state index in [4.69, 9.17) is 9.47 Å². The molecule has 0 N–H and O–H groups in total. The number of ether oxygens (including phenoxy) is 2. The highest BCUT2D eigenvalue weighted by atomic mass is 16.5. The van der Waals surface area contributed by atoms with Crippen LogP contribution in [0.2, 0.25) is 0 Å². The van der Waals surface area contributed by atoms with Gasteiger partial charge in [0.15, 0.2) is 0 Å². The molecule has 2 aliphatic heterocycles. The van der Waals surface area contributed by atoms with Gasteiger partial charge in [-0.3, -0.25) is 0 Å². The first-order valence-corrected chi connectivity index (χ1v) is 16.8. The molecule has 0 saturated carbocycles. The van der Waals surface area contributed by atoms with Crippen LogP contribution in [0.5, 0.6) is 0 Å². The molecule has 2 aliphatic rings. The zero-order chi connectivity index (χ0) is 29.0. The number of hydrogen-bond acceptors (Lipinski definition) is 4. The van der Waals surface area contributed by atoms with Crippen LogP contribution < -0.4 is 0 Å². The van der Waals surface area contributed by atoms with E-state index in [0.717, 1.165) is 69.9 Å². The first-order chi connectivity index (χ1) is 20.1. The molecule has 0 aliphatic carbocycles. The molecule has 0 aromatic heterocycles. The highest BCUT2D eigenvalue weighted by Crippen LogP contribution is 2.21. The lowest BCUT2D eigenvalue weighted by molar-refractivity contribution is 0.0980. The van der Waals surface area contributed by atoms with Gasteiger partial charge >= 0.3 is 0 Å². The Balaban J connectivity index is 0.000000226. The molecule has 41 heavy (non-hydrogen) atoms. The van der Waals surface area contributed by atoms with Crippen molar-refractivity contribution in [1.82, 2.24) is 9.80 Å². The van der Waals surface area contributed by atoms with Crippen LogP contribution in [-0.2, 0) is 22.3 Å². The highest BCUT2D eigenvalue weighted by molar-refractivity contribution is 5.15. The molecule has 0 unspecified atom stereocenters. The minimum absolute atomic E-state index is 0.862. The van der Waals surface area contributed by atoms with Gasteiger partial charge in [0.25, 0.3) is 0 Å². The van der Waals surface area contributed by atoms with Crippen LogP contribution in [0.3, 0.4) is 0 Å². The third-order valence-electron chi connectivity index (χ3n) is 8.54. The largest absolute Gasteiger partial charge is 0.381 e. The standard InChI is InChI=1S/C19H31NO.C18H29NO/c1-17-14-18(2)16-20(15-17)11-7-13-21-12-6-10-19-8-4-3-5-9-19;1-17-10-13-19(14-11-17)12-6-16-20-15-5-9-18-7-3-2-4-8-18/h3-5,8-9,17-18H,6-7,10-16H2,1-2H3;2-4,7-8,17H,5-6,9-16H2,1H3/t17-,18+;. The van der Waals surface area contributed by atoms with Crippen LogP contribution in [0.4, 0.5) is 0 Å². The lowest BCUT2D eigenvalue weighted by Crippen LogP contribution is -2.39. The van der Waals surface area contributed by atoms with E-state index in [-0.39, 0.29) is 0 Å². The van der Waals surface area contributed by atoms with Crippen molar-refractivity contribution in [2.45, 2.75) is 78.6 Å². The summed E-state index contributed by atoms with van der Waals surface area (Å²) in [6.07, 6.45) is 11.0. The molecular formula is C37H60N2O2. The number of aryl methyl sites for hydroxylation is 2. The van der Waals surface area contributed by atoms with E-state index in [2.05, 4.69) is 91.2 Å². The summed E-state index contributed by atoms with van der Waals surface area (Å²) in [6.45, 7) is 18.3. The molecular weight excluding hydrogens is 504 g/mol. The van der Waals surface area contributed by atoms with Gasteiger partial charge in [0.1, 0.15) is 0 Å². The number of hydrogen-bond donors (Lipinski definition) is 0. The number of nitrogens with zero attached hydrogens (tertiary/aromatic N) is 2. The van der Waals surface area contributed by atoms with Crippen molar-refractivity contribution in [3.63, 3.8) is 0 Å². The number of piperidine rings is 2. The summed E-state index contributed by atoms with van der Waals surface area (Å²) in [6, 6.07) is 21.3. The molecule has 230 valence electrons. The minimum atomic E-state index is 0.862. The van der Waals surface area contributed by atoms with E-state index in [1.165, 1.54) is 82.5 Å². The van der Waals surface area contributed by atoms with Gasteiger partial charge in [-0.2, -0.15) is 0 Å². The van der Waals surface area contributed by atoms with E-state index in [9.17, 15) is 0 Å². The summed E-state index contributed by atoms with van der Waals surface area (Å²) in [5.41, 5.74) is 2.83. The quantitative estimate of drug-likeness (QED) is 0.195. The molecule has 0 spiro atoms. The van der Waals surface area contributed by atoms with Gasteiger partial charge in [-0.1, -0.05) is 81.4 Å². The summed E-state index contributed by atoms with van der Waals surface area (Å²) < 4.78 is 11.5. The van der Waals surface area contributed by atoms with Gasteiger partial charge in [-0.25, -0.2) is 0 Å². The summed E-state index contributed by atoms with van der Waals surface area (Å²) in [4.78, 5) is 5.21. The van der Waals surface area contributed by atoms with Gasteiger partial charge in [-0.05, 0) is 99.8 Å². The smallest absolute Gasteiger partial charge is 0.0478 e. The molecule has 0 radical (unpaired) electrons. The summed E-state index contributed by atoms with van der Waals surface area (Å²) in [7, 11) is 0. The summed E-state index contributed by atoms with van der Waals surface area (Å²) >= 11 is 0. The first-order valence-electron chi connectivity index (χ1n) is 16.8. The maximum Gasteiger partial charge on any atom is 0.0478 e. The minimum Gasteiger partial charge on any atom is -0.381 e. The predicted molar refractivity (Wildman–Crippen MR) is 175 cm³/mol. The first kappa shape index (κ1) is 33.8. The summed E-state index contributed by atoms with van der Waals surface area (Å²) in [5, 5.41) is 0. The van der Waals surface area contributed by atoms with Gasteiger partial charge in [0, 0.05) is 52.6 Å². The Bertz CT molecular complexity index is 859. The van der Waals surface area contributed by atoms with Crippen molar-refractivity contribution in [2.75, 3.05) is 65.7 Å². The fourth-order valence-corrected chi connectivity index (χ4v) is 6.29. The topological polar surface area (TPSA) is 24.9 Å². The molecule has 2 aromatic carbocycles. The zero-order valence-electron chi connectivity index (χ0n) is 26.7. The van der Waals surface area contributed by atoms with Gasteiger partial charge in [0.2, 0.25) is 0 Å². The third-order valence-corrected chi connectivity index (χ3v) is 8.54. The lowest BCUT2D eigenvalue weighted by Gasteiger charge is -2.34. The summed E-state index contributed by atoms with van der Waals surface area (Å²) in [5.74, 6) is 2.65. The molecule has 2 saturated heterocycles. The molecule has 2 aromatic rings. The zero-order valence-corrected chi connectivity index (χ0v) is 26.7. The number of benzene rings is 2. The van der Waals surface area contributed by atoms with Crippen LogP contribution in [0, 0.1) is 17.8 Å². The Labute approximate surface area is 252 Å². The number of rotatable bonds is 16. The maximum atomic E-state index is 5.77. The Morgan fingerprint density at radius 2 is 1.00 bits per heavy atom. The maximum absolute atomic E-state index is 5.77. The monoisotopic (exact) mass is 564 g/mol. The Morgan fingerprint density at radius 3 is 1.49 bits per heavy atom. The molecule has 4 nitrogen and oxygen atoms in total. The fourth-order valence-electron chi connectivity index (χ4n) is 6.29. The second-order valence-corrected chi connectivity index (χ2v) is 12.8.